The largest absolute Gasteiger partial charge is 0.439 e. The highest BCUT2D eigenvalue weighted by Crippen LogP contribution is 2.25. The first-order valence-corrected chi connectivity index (χ1v) is 6.65. The summed E-state index contributed by atoms with van der Waals surface area (Å²) in [6.45, 7) is 4.30. The Hall–Kier alpha value is -2.14. The van der Waals surface area contributed by atoms with Crippen LogP contribution in [0, 0.1) is 0 Å². The Morgan fingerprint density at radius 2 is 1.95 bits per heavy atom. The maximum Gasteiger partial charge on any atom is 0.256 e. The summed E-state index contributed by atoms with van der Waals surface area (Å²) in [7, 11) is 0. The van der Waals surface area contributed by atoms with E-state index in [1.165, 1.54) is 16.4 Å². The van der Waals surface area contributed by atoms with Crippen LogP contribution in [0.3, 0.4) is 0 Å². The van der Waals surface area contributed by atoms with Gasteiger partial charge in [0.1, 0.15) is 17.2 Å². The van der Waals surface area contributed by atoms with Crippen LogP contribution in [0.1, 0.15) is 25.3 Å². The Labute approximate surface area is 121 Å². The van der Waals surface area contributed by atoms with E-state index in [2.05, 4.69) is 28.9 Å². The monoisotopic (exact) mass is 288 g/mol. The molecule has 0 aliphatic carbocycles. The topological polar surface area (TPSA) is 52.3 Å². The lowest BCUT2D eigenvalue weighted by atomic mass is 10.0. The van der Waals surface area contributed by atoms with Crippen molar-refractivity contribution in [2.75, 3.05) is 0 Å². The fourth-order valence-corrected chi connectivity index (χ4v) is 2.04. The molecule has 0 amide bonds. The highest BCUT2D eigenvalue weighted by atomic mass is 35.5. The first-order valence-electron chi connectivity index (χ1n) is 6.27. The summed E-state index contributed by atoms with van der Waals surface area (Å²) in [6.07, 6.45) is 1.41. The van der Waals surface area contributed by atoms with E-state index in [-0.39, 0.29) is 0 Å². The zero-order valence-corrected chi connectivity index (χ0v) is 11.9. The van der Waals surface area contributed by atoms with Gasteiger partial charge in [-0.25, -0.2) is 0 Å². The number of halogens is 1. The van der Waals surface area contributed by atoms with E-state index in [9.17, 15) is 0 Å². The van der Waals surface area contributed by atoms with Gasteiger partial charge in [-0.15, -0.1) is 0 Å². The Bertz CT molecular complexity index is 737. The quantitative estimate of drug-likeness (QED) is 0.690. The number of benzene rings is 1. The average molecular weight is 289 g/mol. The van der Waals surface area contributed by atoms with Gasteiger partial charge in [-0.2, -0.15) is 19.6 Å². The zero-order valence-electron chi connectivity index (χ0n) is 11.1. The van der Waals surface area contributed by atoms with Crippen LogP contribution in [-0.4, -0.2) is 19.6 Å². The van der Waals surface area contributed by atoms with Gasteiger partial charge in [0.05, 0.1) is 0 Å². The van der Waals surface area contributed by atoms with Crippen molar-refractivity contribution in [3.63, 3.8) is 0 Å². The third kappa shape index (κ3) is 2.44. The fourth-order valence-electron chi connectivity index (χ4n) is 1.87. The summed E-state index contributed by atoms with van der Waals surface area (Å²) in [6, 6.07) is 9.54. The maximum atomic E-state index is 5.94. The minimum absolute atomic E-state index is 0.319. The van der Waals surface area contributed by atoms with Crippen molar-refractivity contribution in [3.8, 4) is 11.6 Å². The first-order chi connectivity index (χ1) is 9.63. The summed E-state index contributed by atoms with van der Waals surface area (Å²) in [4.78, 5) is 8.05. The molecule has 5 nitrogen and oxygen atoms in total. The zero-order chi connectivity index (χ0) is 14.1. The van der Waals surface area contributed by atoms with Crippen molar-refractivity contribution < 1.29 is 4.74 Å². The van der Waals surface area contributed by atoms with Crippen molar-refractivity contribution >= 4 is 17.4 Å². The van der Waals surface area contributed by atoms with Crippen LogP contribution in [0.15, 0.2) is 36.7 Å². The molecule has 0 N–H and O–H groups in total. The van der Waals surface area contributed by atoms with Gasteiger partial charge in [-0.1, -0.05) is 37.6 Å². The highest BCUT2D eigenvalue weighted by Gasteiger charge is 2.09. The highest BCUT2D eigenvalue weighted by molar-refractivity contribution is 6.29. The molecule has 0 spiro atoms. The molecule has 0 aliphatic heterocycles. The van der Waals surface area contributed by atoms with Gasteiger partial charge in [0.2, 0.25) is 5.88 Å². The van der Waals surface area contributed by atoms with Crippen LogP contribution in [0.5, 0.6) is 11.6 Å². The molecule has 3 aromatic rings. The molecule has 0 aliphatic rings. The van der Waals surface area contributed by atoms with E-state index >= 15 is 0 Å². The minimum Gasteiger partial charge on any atom is -0.439 e. The third-order valence-electron chi connectivity index (χ3n) is 2.96. The number of hydrogen-bond donors (Lipinski definition) is 0. The van der Waals surface area contributed by atoms with E-state index in [1.807, 2.05) is 24.3 Å². The lowest BCUT2D eigenvalue weighted by molar-refractivity contribution is 0.446. The summed E-state index contributed by atoms with van der Waals surface area (Å²) in [5.41, 5.74) is 1.26. The lowest BCUT2D eigenvalue weighted by Gasteiger charge is -2.09. The van der Waals surface area contributed by atoms with E-state index in [4.69, 9.17) is 16.3 Å². The van der Waals surface area contributed by atoms with Gasteiger partial charge in [0.15, 0.2) is 0 Å². The molecule has 102 valence electrons. The van der Waals surface area contributed by atoms with Crippen LogP contribution in [0.2, 0.25) is 5.15 Å². The van der Waals surface area contributed by atoms with Crippen LogP contribution in [0.4, 0.5) is 0 Å². The van der Waals surface area contributed by atoms with Crippen LogP contribution < -0.4 is 4.74 Å². The Morgan fingerprint density at radius 3 is 2.65 bits per heavy atom. The predicted octanol–water partition coefficient (Wildman–Crippen LogP) is 3.69. The van der Waals surface area contributed by atoms with E-state index < -0.39 is 0 Å². The van der Waals surface area contributed by atoms with E-state index in [0.717, 1.165) is 0 Å². The summed E-state index contributed by atoms with van der Waals surface area (Å²) < 4.78 is 7.30. The smallest absolute Gasteiger partial charge is 0.256 e. The molecule has 0 radical (unpaired) electrons. The second kappa shape index (κ2) is 5.09. The van der Waals surface area contributed by atoms with Gasteiger partial charge in [-0.3, -0.25) is 0 Å². The van der Waals surface area contributed by atoms with Crippen molar-refractivity contribution in [1.82, 2.24) is 19.6 Å². The van der Waals surface area contributed by atoms with Gasteiger partial charge in [0, 0.05) is 6.07 Å². The number of aromatic nitrogens is 4. The number of fused-ring (bicyclic) bond motifs is 1. The second-order valence-corrected chi connectivity index (χ2v) is 5.10. The Balaban J connectivity index is 1.94. The van der Waals surface area contributed by atoms with Crippen molar-refractivity contribution in [3.05, 3.63) is 47.4 Å². The fraction of sp³-hybridized carbons (Fsp3) is 0.214. The molecule has 1 aromatic carbocycles. The molecule has 0 unspecified atom stereocenters. The lowest BCUT2D eigenvalue weighted by Crippen LogP contribution is -1.98. The SMILES string of the molecule is CC(C)c1ccc(Oc2cc(Cl)nc3ncnn23)cc1. The molecule has 2 heterocycles. The maximum absolute atomic E-state index is 5.94. The predicted molar refractivity (Wildman–Crippen MR) is 76.4 cm³/mol. The summed E-state index contributed by atoms with van der Waals surface area (Å²) in [5, 5.41) is 4.38. The van der Waals surface area contributed by atoms with Crippen LogP contribution in [0.25, 0.3) is 5.78 Å². The Morgan fingerprint density at radius 1 is 1.20 bits per heavy atom. The molecule has 6 heteroatoms. The molecular formula is C14H13ClN4O. The molecule has 0 saturated heterocycles. The second-order valence-electron chi connectivity index (χ2n) is 4.71. The number of nitrogens with zero attached hydrogens (tertiary/aromatic N) is 4. The summed E-state index contributed by atoms with van der Waals surface area (Å²) in [5.74, 6) is 2.09. The summed E-state index contributed by atoms with van der Waals surface area (Å²) >= 11 is 5.94. The molecule has 3 rings (SSSR count). The van der Waals surface area contributed by atoms with Gasteiger partial charge in [-0.05, 0) is 23.6 Å². The molecule has 20 heavy (non-hydrogen) atoms. The van der Waals surface area contributed by atoms with E-state index in [1.54, 1.807) is 6.07 Å². The van der Waals surface area contributed by atoms with Crippen molar-refractivity contribution in [2.45, 2.75) is 19.8 Å². The standard InChI is InChI=1S/C14H13ClN4O/c1-9(2)10-3-5-11(6-4-10)20-13-7-12(15)18-14-16-8-17-19(13)14/h3-9H,1-2H3. The Kier molecular flexibility index (Phi) is 3.28. The average Bonchev–Trinajstić information content (AvgIpc) is 2.87. The number of hydrogen-bond acceptors (Lipinski definition) is 4. The number of rotatable bonds is 3. The molecule has 0 bridgehead atoms. The molecular weight excluding hydrogens is 276 g/mol. The van der Waals surface area contributed by atoms with Gasteiger partial charge in [0.25, 0.3) is 5.78 Å². The minimum atomic E-state index is 0.319. The van der Waals surface area contributed by atoms with Crippen molar-refractivity contribution in [2.24, 2.45) is 0 Å². The van der Waals surface area contributed by atoms with Gasteiger partial charge < -0.3 is 4.74 Å². The normalized spacial score (nSPS) is 11.2. The molecule has 0 atom stereocenters. The third-order valence-corrected chi connectivity index (χ3v) is 3.15. The van der Waals surface area contributed by atoms with Crippen molar-refractivity contribution in [1.29, 1.82) is 0 Å². The molecule has 0 saturated carbocycles. The number of ether oxygens (including phenoxy) is 1. The van der Waals surface area contributed by atoms with Crippen LogP contribution in [-0.2, 0) is 0 Å². The van der Waals surface area contributed by atoms with E-state index in [0.29, 0.717) is 28.5 Å². The molecule has 2 aromatic heterocycles. The van der Waals surface area contributed by atoms with Crippen LogP contribution >= 0.6 is 11.6 Å². The van der Waals surface area contributed by atoms with Gasteiger partial charge >= 0.3 is 0 Å². The first kappa shape index (κ1) is 12.9. The molecule has 0 fully saturated rings.